The van der Waals surface area contributed by atoms with Gasteiger partial charge in [-0.05, 0) is 61.4 Å². The molecule has 1 aliphatic heterocycles. The lowest BCUT2D eigenvalue weighted by molar-refractivity contribution is 0.308. The maximum Gasteiger partial charge on any atom is 0.140 e. The molecule has 1 aliphatic carbocycles. The Balaban J connectivity index is 1.81. The van der Waals surface area contributed by atoms with Gasteiger partial charge in [0.15, 0.2) is 0 Å². The Kier molecular flexibility index (Phi) is 5.76. The van der Waals surface area contributed by atoms with Crippen molar-refractivity contribution in [3.63, 3.8) is 0 Å². The fourth-order valence-electron chi connectivity index (χ4n) is 4.41. The normalized spacial score (nSPS) is 19.7. The van der Waals surface area contributed by atoms with Crippen LogP contribution in [0.5, 0.6) is 0 Å². The number of hydrogen-bond acceptors (Lipinski definition) is 4. The first-order valence-electron chi connectivity index (χ1n) is 10.5. The van der Waals surface area contributed by atoms with Crippen LogP contribution in [0.15, 0.2) is 46.6 Å². The summed E-state index contributed by atoms with van der Waals surface area (Å²) in [7, 11) is 0. The van der Waals surface area contributed by atoms with E-state index in [9.17, 15) is 0 Å². The highest BCUT2D eigenvalue weighted by Gasteiger charge is 2.28. The zero-order chi connectivity index (χ0) is 20.2. The molecular weight excluding hydrogens is 356 g/mol. The fourth-order valence-corrected chi connectivity index (χ4v) is 4.41. The van der Waals surface area contributed by atoms with Gasteiger partial charge in [0.2, 0.25) is 0 Å². The van der Waals surface area contributed by atoms with E-state index < -0.39 is 0 Å². The molecular formula is C25H28N4. The molecule has 2 aliphatic rings. The van der Waals surface area contributed by atoms with Gasteiger partial charge in [-0.1, -0.05) is 37.3 Å². The first-order chi connectivity index (χ1) is 14.2. The molecule has 4 heteroatoms. The molecule has 1 saturated carbocycles. The van der Waals surface area contributed by atoms with Gasteiger partial charge >= 0.3 is 0 Å². The molecule has 1 unspecified atom stereocenters. The van der Waals surface area contributed by atoms with E-state index in [1.165, 1.54) is 43.2 Å². The fraction of sp³-hybridized carbons (Fsp3) is 0.400. The van der Waals surface area contributed by atoms with Crippen molar-refractivity contribution in [1.82, 2.24) is 4.98 Å². The van der Waals surface area contributed by atoms with Gasteiger partial charge in [-0.25, -0.2) is 0 Å². The number of nitrogens with two attached hydrogens (primary N) is 1. The van der Waals surface area contributed by atoms with E-state index in [0.717, 1.165) is 22.4 Å². The largest absolute Gasteiger partial charge is 0.382 e. The monoisotopic (exact) mass is 384 g/mol. The number of amidine groups is 1. The van der Waals surface area contributed by atoms with Crippen LogP contribution in [0.1, 0.15) is 68.7 Å². The zero-order valence-electron chi connectivity index (χ0n) is 17.3. The average molecular weight is 385 g/mol. The summed E-state index contributed by atoms with van der Waals surface area (Å²) in [6.45, 7) is 4.46. The molecule has 0 spiro atoms. The molecule has 4 rings (SSSR count). The zero-order valence-corrected chi connectivity index (χ0v) is 17.3. The van der Waals surface area contributed by atoms with Crippen molar-refractivity contribution in [1.29, 1.82) is 0 Å². The number of nitrogens with zero attached hydrogens (tertiary/aromatic N) is 3. The molecule has 0 saturated heterocycles. The van der Waals surface area contributed by atoms with Crippen LogP contribution in [0.2, 0.25) is 0 Å². The lowest BCUT2D eigenvalue weighted by Gasteiger charge is -2.30. The molecule has 1 aromatic heterocycles. The van der Waals surface area contributed by atoms with Crippen LogP contribution in [0.3, 0.4) is 0 Å². The second-order valence-electron chi connectivity index (χ2n) is 8.01. The van der Waals surface area contributed by atoms with Crippen molar-refractivity contribution in [2.45, 2.75) is 58.5 Å². The maximum absolute atomic E-state index is 6.30. The predicted octanol–water partition coefficient (Wildman–Crippen LogP) is 5.07. The van der Waals surface area contributed by atoms with Crippen molar-refractivity contribution in [2.75, 3.05) is 0 Å². The molecule has 2 aromatic rings. The van der Waals surface area contributed by atoms with Crippen LogP contribution in [0, 0.1) is 17.8 Å². The summed E-state index contributed by atoms with van der Waals surface area (Å²) in [4.78, 5) is 14.0. The highest BCUT2D eigenvalue weighted by molar-refractivity contribution is 6.40. The van der Waals surface area contributed by atoms with Crippen molar-refractivity contribution in [2.24, 2.45) is 21.6 Å². The third-order valence-electron chi connectivity index (χ3n) is 6.04. The summed E-state index contributed by atoms with van der Waals surface area (Å²) in [5.41, 5.74) is 12.8. The van der Waals surface area contributed by atoms with E-state index >= 15 is 0 Å². The average Bonchev–Trinajstić information content (AvgIpc) is 2.76. The SMILES string of the molecule is CC#Cc1cncc(-c2ccc3c(c2)C(C2CCCCC2)N=C(N)C(C)=NC3)c1. The molecule has 2 N–H and O–H groups in total. The van der Waals surface area contributed by atoms with E-state index in [1.54, 1.807) is 6.20 Å². The van der Waals surface area contributed by atoms with Crippen LogP contribution in [-0.4, -0.2) is 16.5 Å². The molecule has 0 bridgehead atoms. The van der Waals surface area contributed by atoms with Gasteiger partial charge in [-0.2, -0.15) is 0 Å². The highest BCUT2D eigenvalue weighted by atomic mass is 14.9. The summed E-state index contributed by atoms with van der Waals surface area (Å²) in [5.74, 6) is 7.17. The van der Waals surface area contributed by atoms with Crippen molar-refractivity contribution in [3.05, 3.63) is 53.3 Å². The van der Waals surface area contributed by atoms with Crippen molar-refractivity contribution in [3.8, 4) is 23.0 Å². The number of pyridine rings is 1. The van der Waals surface area contributed by atoms with E-state index in [1.807, 2.05) is 20.0 Å². The molecule has 1 atom stereocenters. The Morgan fingerprint density at radius 3 is 2.66 bits per heavy atom. The minimum atomic E-state index is 0.0993. The van der Waals surface area contributed by atoms with E-state index in [0.29, 0.717) is 18.3 Å². The van der Waals surface area contributed by atoms with Crippen LogP contribution < -0.4 is 5.73 Å². The minimum Gasteiger partial charge on any atom is -0.382 e. The van der Waals surface area contributed by atoms with Crippen LogP contribution >= 0.6 is 0 Å². The van der Waals surface area contributed by atoms with Crippen LogP contribution in [-0.2, 0) is 6.54 Å². The first kappa shape index (κ1) is 19.4. The van der Waals surface area contributed by atoms with Crippen molar-refractivity contribution >= 4 is 11.5 Å². The molecule has 0 radical (unpaired) electrons. The molecule has 1 aromatic carbocycles. The van der Waals surface area contributed by atoms with Gasteiger partial charge in [0.25, 0.3) is 0 Å². The van der Waals surface area contributed by atoms with Crippen LogP contribution in [0.4, 0.5) is 0 Å². The standard InChI is InChI=1S/C25H28N4/c1-3-7-18-12-22(15-27-14-18)20-10-11-21-16-28-17(2)25(26)29-24(23(21)13-20)19-8-5-4-6-9-19/h10-15,19,24H,4-6,8-9,16H2,1-2H3,(H2,26,29). The lowest BCUT2D eigenvalue weighted by atomic mass is 9.79. The maximum atomic E-state index is 6.30. The smallest absolute Gasteiger partial charge is 0.140 e. The number of hydrogen-bond donors (Lipinski definition) is 1. The molecule has 1 fully saturated rings. The van der Waals surface area contributed by atoms with E-state index in [2.05, 4.69) is 46.1 Å². The summed E-state index contributed by atoms with van der Waals surface area (Å²) < 4.78 is 0. The third-order valence-corrected chi connectivity index (χ3v) is 6.04. The van der Waals surface area contributed by atoms with E-state index in [-0.39, 0.29) is 6.04 Å². The molecule has 0 amide bonds. The lowest BCUT2D eigenvalue weighted by Crippen LogP contribution is -2.27. The Bertz CT molecular complexity index is 1020. The second kappa shape index (κ2) is 8.61. The summed E-state index contributed by atoms with van der Waals surface area (Å²) >= 11 is 0. The quantitative estimate of drug-likeness (QED) is 0.735. The number of aromatic nitrogens is 1. The Hall–Kier alpha value is -2.93. The van der Waals surface area contributed by atoms with Gasteiger partial charge < -0.3 is 5.73 Å². The molecule has 2 heterocycles. The van der Waals surface area contributed by atoms with E-state index in [4.69, 9.17) is 10.7 Å². The first-order valence-corrected chi connectivity index (χ1v) is 10.5. The third kappa shape index (κ3) is 4.24. The molecule has 29 heavy (non-hydrogen) atoms. The minimum absolute atomic E-state index is 0.0993. The Morgan fingerprint density at radius 2 is 1.86 bits per heavy atom. The Morgan fingerprint density at radius 1 is 1.03 bits per heavy atom. The number of aliphatic imine (C=N–C) groups is 2. The van der Waals surface area contributed by atoms with Gasteiger partial charge in [0.05, 0.1) is 18.3 Å². The highest BCUT2D eigenvalue weighted by Crippen LogP contribution is 2.40. The van der Waals surface area contributed by atoms with Gasteiger partial charge in [-0.15, -0.1) is 5.92 Å². The van der Waals surface area contributed by atoms with Crippen LogP contribution in [0.25, 0.3) is 11.1 Å². The van der Waals surface area contributed by atoms with Gasteiger partial charge in [0.1, 0.15) is 5.84 Å². The van der Waals surface area contributed by atoms with Gasteiger partial charge in [0, 0.05) is 23.5 Å². The molecule has 4 nitrogen and oxygen atoms in total. The second-order valence-corrected chi connectivity index (χ2v) is 8.01. The number of benzene rings is 1. The predicted molar refractivity (Wildman–Crippen MR) is 120 cm³/mol. The topological polar surface area (TPSA) is 63.6 Å². The van der Waals surface area contributed by atoms with Crippen molar-refractivity contribution < 1.29 is 0 Å². The summed E-state index contributed by atoms with van der Waals surface area (Å²) in [6.07, 6.45) is 10.0. The summed E-state index contributed by atoms with van der Waals surface area (Å²) in [6, 6.07) is 8.84. The summed E-state index contributed by atoms with van der Waals surface area (Å²) in [5, 5.41) is 0. The number of fused-ring (bicyclic) bond motifs is 1. The number of rotatable bonds is 2. The Labute approximate surface area is 173 Å². The van der Waals surface area contributed by atoms with Gasteiger partial charge in [-0.3, -0.25) is 15.0 Å². The molecule has 148 valence electrons.